The number of nitrogens with zero attached hydrogens (tertiary/aromatic N) is 5. The Balaban J connectivity index is 0.00000225. The highest BCUT2D eigenvalue weighted by molar-refractivity contribution is 5.97. The topological polar surface area (TPSA) is 88.0 Å². The number of aromatic nitrogens is 4. The third kappa shape index (κ3) is 5.11. The van der Waals surface area contributed by atoms with E-state index in [0.29, 0.717) is 5.82 Å². The highest BCUT2D eigenvalue weighted by Crippen LogP contribution is 2.20. The zero-order chi connectivity index (χ0) is 18.5. The Morgan fingerprint density at radius 1 is 1.04 bits per heavy atom. The first-order valence-corrected chi connectivity index (χ1v) is 10.3. The Hall–Kier alpha value is -1.93. The van der Waals surface area contributed by atoms with Crippen LogP contribution in [0.5, 0.6) is 0 Å². The van der Waals surface area contributed by atoms with E-state index in [1.54, 1.807) is 6.20 Å². The fourth-order valence-corrected chi connectivity index (χ4v) is 4.15. The Morgan fingerprint density at radius 3 is 2.57 bits per heavy atom. The van der Waals surface area contributed by atoms with Gasteiger partial charge in [-0.1, -0.05) is 25.7 Å². The number of hydrogen-bond donors (Lipinski definition) is 2. The van der Waals surface area contributed by atoms with Gasteiger partial charge in [0.15, 0.2) is 5.65 Å². The number of carbonyl (C=O) groups is 1. The van der Waals surface area contributed by atoms with Crippen LogP contribution in [0.1, 0.15) is 51.4 Å². The second-order valence-corrected chi connectivity index (χ2v) is 7.66. The van der Waals surface area contributed by atoms with Crippen LogP contribution in [0.15, 0.2) is 12.5 Å². The van der Waals surface area contributed by atoms with E-state index >= 15 is 0 Å². The number of nitrogens with one attached hydrogen (secondary N) is 2. The van der Waals surface area contributed by atoms with Gasteiger partial charge in [-0.25, -0.2) is 19.4 Å². The lowest BCUT2D eigenvalue weighted by Crippen LogP contribution is -2.39. The molecule has 2 N–H and O–H groups in total. The van der Waals surface area contributed by atoms with Gasteiger partial charge in [0.05, 0.1) is 18.1 Å². The lowest BCUT2D eigenvalue weighted by molar-refractivity contribution is 0.219. The largest absolute Gasteiger partial charge is 0.335 e. The minimum Gasteiger partial charge on any atom is -0.335 e. The normalized spacial score (nSPS) is 18.6. The third-order valence-corrected chi connectivity index (χ3v) is 5.68. The maximum Gasteiger partial charge on any atom is 0.320 e. The van der Waals surface area contributed by atoms with E-state index in [9.17, 15) is 4.79 Å². The maximum absolute atomic E-state index is 12.3. The van der Waals surface area contributed by atoms with Crippen LogP contribution >= 0.6 is 12.4 Å². The predicted octanol–water partition coefficient (Wildman–Crippen LogP) is 3.19. The molecule has 0 atom stereocenters. The van der Waals surface area contributed by atoms with Crippen LogP contribution in [-0.4, -0.2) is 56.4 Å². The SMILES string of the molecule is Cl.O=C(Nc1ncnc2c1cnn2CCN1CCCCC1)NC1CCCCC1. The highest BCUT2D eigenvalue weighted by Gasteiger charge is 2.18. The van der Waals surface area contributed by atoms with Crippen molar-refractivity contribution in [2.24, 2.45) is 0 Å². The van der Waals surface area contributed by atoms with E-state index in [2.05, 4.69) is 30.6 Å². The number of hydrogen-bond acceptors (Lipinski definition) is 5. The number of anilines is 1. The molecule has 8 nitrogen and oxygen atoms in total. The second-order valence-electron chi connectivity index (χ2n) is 7.66. The minimum absolute atomic E-state index is 0. The summed E-state index contributed by atoms with van der Waals surface area (Å²) in [6, 6.07) is 0.0753. The highest BCUT2D eigenvalue weighted by atomic mass is 35.5. The zero-order valence-electron chi connectivity index (χ0n) is 16.3. The number of urea groups is 1. The summed E-state index contributed by atoms with van der Waals surface area (Å²) < 4.78 is 1.91. The van der Waals surface area contributed by atoms with Crippen molar-refractivity contribution >= 4 is 35.3 Å². The maximum atomic E-state index is 12.3. The van der Waals surface area contributed by atoms with Crippen molar-refractivity contribution in [1.82, 2.24) is 30.0 Å². The van der Waals surface area contributed by atoms with Crippen LogP contribution < -0.4 is 10.6 Å². The van der Waals surface area contributed by atoms with Crippen molar-refractivity contribution in [3.63, 3.8) is 0 Å². The first-order chi connectivity index (χ1) is 13.3. The lowest BCUT2D eigenvalue weighted by atomic mass is 9.96. The van der Waals surface area contributed by atoms with Crippen LogP contribution in [0.2, 0.25) is 0 Å². The Kier molecular flexibility index (Phi) is 7.44. The zero-order valence-corrected chi connectivity index (χ0v) is 17.1. The molecule has 28 heavy (non-hydrogen) atoms. The van der Waals surface area contributed by atoms with E-state index in [0.717, 1.165) is 37.0 Å². The summed E-state index contributed by atoms with van der Waals surface area (Å²) in [7, 11) is 0. The standard InChI is InChI=1S/C19H29N7O.ClH/c27-19(23-15-7-3-1-4-8-15)24-17-16-13-22-26(18(16)21-14-20-17)12-11-25-9-5-2-6-10-25;/h13-15H,1-12H2,(H2,20,21,23,24,27);1H. The molecule has 3 heterocycles. The number of fused-ring (bicyclic) bond motifs is 1. The van der Waals surface area contributed by atoms with Gasteiger partial charge in [-0.05, 0) is 38.8 Å². The first kappa shape index (κ1) is 20.8. The molecule has 154 valence electrons. The van der Waals surface area contributed by atoms with Crippen LogP contribution in [0.3, 0.4) is 0 Å². The van der Waals surface area contributed by atoms with Gasteiger partial charge in [0, 0.05) is 12.6 Å². The molecule has 1 aliphatic carbocycles. The van der Waals surface area contributed by atoms with Crippen LogP contribution in [0.25, 0.3) is 11.0 Å². The van der Waals surface area contributed by atoms with Crippen molar-refractivity contribution < 1.29 is 4.79 Å². The molecule has 1 saturated heterocycles. The van der Waals surface area contributed by atoms with Crippen molar-refractivity contribution in [2.75, 3.05) is 25.0 Å². The third-order valence-electron chi connectivity index (χ3n) is 5.68. The Bertz CT molecular complexity index is 769. The van der Waals surface area contributed by atoms with Crippen molar-refractivity contribution in [1.29, 1.82) is 0 Å². The average molecular weight is 408 g/mol. The summed E-state index contributed by atoms with van der Waals surface area (Å²) in [6.07, 6.45) is 12.9. The van der Waals surface area contributed by atoms with E-state index in [1.165, 1.54) is 57.9 Å². The molecule has 1 aliphatic heterocycles. The fourth-order valence-electron chi connectivity index (χ4n) is 4.15. The quantitative estimate of drug-likeness (QED) is 0.794. The van der Waals surface area contributed by atoms with Gasteiger partial charge < -0.3 is 10.2 Å². The molecule has 0 spiro atoms. The second kappa shape index (κ2) is 10.0. The molecule has 2 amide bonds. The van der Waals surface area contributed by atoms with E-state index in [-0.39, 0.29) is 24.5 Å². The number of halogens is 1. The van der Waals surface area contributed by atoms with Crippen molar-refractivity contribution in [2.45, 2.75) is 64.0 Å². The van der Waals surface area contributed by atoms with Crippen LogP contribution in [0, 0.1) is 0 Å². The smallest absolute Gasteiger partial charge is 0.320 e. The molecule has 2 fully saturated rings. The van der Waals surface area contributed by atoms with E-state index in [4.69, 9.17) is 0 Å². The summed E-state index contributed by atoms with van der Waals surface area (Å²) in [6.45, 7) is 4.12. The molecule has 0 bridgehead atoms. The minimum atomic E-state index is -0.192. The number of rotatable bonds is 5. The molecule has 1 saturated carbocycles. The number of likely N-dealkylation sites (tertiary alicyclic amines) is 1. The van der Waals surface area contributed by atoms with Gasteiger partial charge in [0.2, 0.25) is 0 Å². The van der Waals surface area contributed by atoms with Crippen LogP contribution in [0.4, 0.5) is 10.6 Å². The molecule has 4 rings (SSSR count). The monoisotopic (exact) mass is 407 g/mol. The molecule has 2 aromatic rings. The Morgan fingerprint density at radius 2 is 1.79 bits per heavy atom. The molecule has 0 unspecified atom stereocenters. The predicted molar refractivity (Wildman–Crippen MR) is 112 cm³/mol. The summed E-state index contributed by atoms with van der Waals surface area (Å²) >= 11 is 0. The first-order valence-electron chi connectivity index (χ1n) is 10.3. The van der Waals surface area contributed by atoms with Gasteiger partial charge >= 0.3 is 6.03 Å². The molecule has 0 radical (unpaired) electrons. The molecule has 9 heteroatoms. The Labute approximate surface area is 171 Å². The van der Waals surface area contributed by atoms with Crippen molar-refractivity contribution in [3.8, 4) is 0 Å². The summed E-state index contributed by atoms with van der Waals surface area (Å²) in [4.78, 5) is 23.5. The van der Waals surface area contributed by atoms with E-state index in [1.807, 2.05) is 4.68 Å². The molecule has 2 aromatic heterocycles. The van der Waals surface area contributed by atoms with Crippen molar-refractivity contribution in [3.05, 3.63) is 12.5 Å². The fraction of sp³-hybridized carbons (Fsp3) is 0.684. The van der Waals surface area contributed by atoms with Gasteiger partial charge in [-0.15, -0.1) is 12.4 Å². The molecule has 0 aromatic carbocycles. The number of piperidine rings is 1. The van der Waals surface area contributed by atoms with Crippen LogP contribution in [-0.2, 0) is 6.54 Å². The molecule has 2 aliphatic rings. The van der Waals surface area contributed by atoms with Gasteiger partial charge in [-0.2, -0.15) is 5.10 Å². The average Bonchev–Trinajstić information content (AvgIpc) is 3.12. The van der Waals surface area contributed by atoms with Gasteiger partial charge in [-0.3, -0.25) is 5.32 Å². The van der Waals surface area contributed by atoms with E-state index < -0.39 is 0 Å². The summed E-state index contributed by atoms with van der Waals surface area (Å²) in [5.74, 6) is 0.525. The number of amides is 2. The summed E-state index contributed by atoms with van der Waals surface area (Å²) in [5.41, 5.74) is 0.773. The van der Waals surface area contributed by atoms with Gasteiger partial charge in [0.1, 0.15) is 12.1 Å². The van der Waals surface area contributed by atoms with Gasteiger partial charge in [0.25, 0.3) is 0 Å². The summed E-state index contributed by atoms with van der Waals surface area (Å²) in [5, 5.41) is 11.2. The number of carbonyl (C=O) groups excluding carboxylic acids is 1. The lowest BCUT2D eigenvalue weighted by Gasteiger charge is -2.26. The molecular formula is C19H30ClN7O. The molecular weight excluding hydrogens is 378 g/mol.